The molecule has 6 heteroatoms. The van der Waals surface area contributed by atoms with Crippen molar-refractivity contribution >= 4 is 21.8 Å². The molecule has 1 aromatic heterocycles. The van der Waals surface area contributed by atoms with Crippen LogP contribution in [0.1, 0.15) is 38.6 Å². The van der Waals surface area contributed by atoms with Gasteiger partial charge in [-0.1, -0.05) is 41.9 Å². The minimum absolute atomic E-state index is 0.00787. The average molecular weight is 391 g/mol. The number of benzene rings is 1. The van der Waals surface area contributed by atoms with Crippen LogP contribution in [-0.4, -0.2) is 33.4 Å². The molecule has 2 atom stereocenters. The van der Waals surface area contributed by atoms with E-state index in [9.17, 15) is 4.79 Å². The maximum Gasteiger partial charge on any atom is 0.240 e. The second-order valence-corrected chi connectivity index (χ2v) is 7.56. The van der Waals surface area contributed by atoms with E-state index in [1.165, 1.54) is 0 Å². The van der Waals surface area contributed by atoms with Gasteiger partial charge in [-0.2, -0.15) is 0 Å². The zero-order valence-electron chi connectivity index (χ0n) is 14.0. The van der Waals surface area contributed by atoms with Gasteiger partial charge in [0.05, 0.1) is 24.0 Å². The first-order valence-corrected chi connectivity index (χ1v) is 9.13. The first-order valence-electron chi connectivity index (χ1n) is 8.34. The molecule has 1 saturated heterocycles. The zero-order chi connectivity index (χ0) is 17.3. The number of nitrogens with zero attached hydrogens (tertiary/aromatic N) is 2. The van der Waals surface area contributed by atoms with Crippen LogP contribution in [0.25, 0.3) is 11.3 Å². The third-order valence-electron chi connectivity index (χ3n) is 4.61. The molecule has 2 unspecified atom stereocenters. The van der Waals surface area contributed by atoms with Crippen LogP contribution in [0, 0.1) is 5.92 Å². The first-order chi connectivity index (χ1) is 11.5. The fourth-order valence-corrected chi connectivity index (χ4v) is 3.34. The third kappa shape index (κ3) is 3.39. The fourth-order valence-electron chi connectivity index (χ4n) is 3.07. The number of halogens is 1. The van der Waals surface area contributed by atoms with Crippen molar-refractivity contribution in [3.8, 4) is 11.3 Å². The number of hydrogen-bond donors (Lipinski definition) is 2. The number of aromatic amines is 1. The van der Waals surface area contributed by atoms with Gasteiger partial charge < -0.3 is 15.6 Å². The Morgan fingerprint density at radius 2 is 2.08 bits per heavy atom. The van der Waals surface area contributed by atoms with E-state index in [0.29, 0.717) is 0 Å². The standard InChI is InChI=1S/C18H23BrN4O/c1-11(2)16(20)18(24)23-9-3-4-15(23)17-21-10-14(22-17)12-5-7-13(19)8-6-12/h5-8,10-11,15-16H,3-4,9,20H2,1-2H3,(H,21,22). The molecule has 0 radical (unpaired) electrons. The topological polar surface area (TPSA) is 75.0 Å². The normalized spacial score (nSPS) is 19.0. The molecule has 5 nitrogen and oxygen atoms in total. The monoisotopic (exact) mass is 390 g/mol. The van der Waals surface area contributed by atoms with Crippen LogP contribution >= 0.6 is 15.9 Å². The van der Waals surface area contributed by atoms with Gasteiger partial charge in [0.2, 0.25) is 5.91 Å². The van der Waals surface area contributed by atoms with Gasteiger partial charge in [0.15, 0.2) is 0 Å². The SMILES string of the molecule is CC(C)C(N)C(=O)N1CCCC1c1ncc(-c2ccc(Br)cc2)[nH]1. The van der Waals surface area contributed by atoms with E-state index in [1.807, 2.05) is 49.2 Å². The van der Waals surface area contributed by atoms with Gasteiger partial charge in [0.25, 0.3) is 0 Å². The van der Waals surface area contributed by atoms with Crippen LogP contribution in [0.4, 0.5) is 0 Å². The fraction of sp³-hybridized carbons (Fsp3) is 0.444. The number of likely N-dealkylation sites (tertiary alicyclic amines) is 1. The summed E-state index contributed by atoms with van der Waals surface area (Å²) in [6.45, 7) is 4.70. The Balaban J connectivity index is 1.81. The molecule has 1 aliphatic heterocycles. The summed E-state index contributed by atoms with van der Waals surface area (Å²) in [6.07, 6.45) is 3.74. The molecule has 1 aliphatic rings. The van der Waals surface area contributed by atoms with Crippen molar-refractivity contribution in [1.82, 2.24) is 14.9 Å². The minimum Gasteiger partial charge on any atom is -0.340 e. The average Bonchev–Trinajstić information content (AvgIpc) is 3.22. The number of nitrogens with one attached hydrogen (secondary N) is 1. The van der Waals surface area contributed by atoms with Crippen molar-refractivity contribution in [3.63, 3.8) is 0 Å². The molecule has 1 fully saturated rings. The van der Waals surface area contributed by atoms with Crippen molar-refractivity contribution in [2.45, 2.75) is 38.8 Å². The van der Waals surface area contributed by atoms with Crippen molar-refractivity contribution in [2.24, 2.45) is 11.7 Å². The maximum atomic E-state index is 12.6. The third-order valence-corrected chi connectivity index (χ3v) is 5.13. The highest BCUT2D eigenvalue weighted by Crippen LogP contribution is 2.32. The molecule has 0 spiro atoms. The van der Waals surface area contributed by atoms with Crippen LogP contribution in [0.5, 0.6) is 0 Å². The second-order valence-electron chi connectivity index (χ2n) is 6.65. The lowest BCUT2D eigenvalue weighted by Crippen LogP contribution is -2.46. The van der Waals surface area contributed by atoms with Gasteiger partial charge in [0.1, 0.15) is 5.82 Å². The van der Waals surface area contributed by atoms with Crippen molar-refractivity contribution in [3.05, 3.63) is 40.8 Å². The van der Waals surface area contributed by atoms with Crippen LogP contribution in [-0.2, 0) is 4.79 Å². The Kier molecular flexibility index (Phi) is 5.06. The lowest BCUT2D eigenvalue weighted by atomic mass is 10.0. The molecular formula is C18H23BrN4O. The molecule has 3 N–H and O–H groups in total. The molecule has 128 valence electrons. The minimum atomic E-state index is -0.452. The summed E-state index contributed by atoms with van der Waals surface area (Å²) >= 11 is 3.44. The van der Waals surface area contributed by atoms with E-state index < -0.39 is 6.04 Å². The van der Waals surface area contributed by atoms with Crippen molar-refractivity contribution in [1.29, 1.82) is 0 Å². The summed E-state index contributed by atoms with van der Waals surface area (Å²) in [4.78, 5) is 22.4. The Labute approximate surface area is 150 Å². The molecular weight excluding hydrogens is 368 g/mol. The number of amides is 1. The lowest BCUT2D eigenvalue weighted by Gasteiger charge is -2.27. The van der Waals surface area contributed by atoms with Crippen LogP contribution in [0.2, 0.25) is 0 Å². The summed E-state index contributed by atoms with van der Waals surface area (Å²) < 4.78 is 1.04. The van der Waals surface area contributed by atoms with Crippen LogP contribution in [0.3, 0.4) is 0 Å². The van der Waals surface area contributed by atoms with Gasteiger partial charge >= 0.3 is 0 Å². The van der Waals surface area contributed by atoms with Gasteiger partial charge in [-0.3, -0.25) is 4.79 Å². The van der Waals surface area contributed by atoms with Gasteiger partial charge in [0, 0.05) is 11.0 Å². The molecule has 2 aromatic rings. The molecule has 0 bridgehead atoms. The zero-order valence-corrected chi connectivity index (χ0v) is 15.6. The van der Waals surface area contributed by atoms with Crippen LogP contribution < -0.4 is 5.73 Å². The molecule has 2 heterocycles. The molecule has 0 aliphatic carbocycles. The number of carbonyl (C=O) groups excluding carboxylic acids is 1. The number of H-pyrrole nitrogens is 1. The molecule has 3 rings (SSSR count). The van der Waals surface area contributed by atoms with Crippen molar-refractivity contribution in [2.75, 3.05) is 6.54 Å². The predicted molar refractivity (Wildman–Crippen MR) is 98.2 cm³/mol. The number of carbonyl (C=O) groups is 1. The number of aromatic nitrogens is 2. The number of imidazole rings is 1. The predicted octanol–water partition coefficient (Wildman–Crippen LogP) is 3.49. The van der Waals surface area contributed by atoms with Gasteiger partial charge in [-0.25, -0.2) is 4.98 Å². The Morgan fingerprint density at radius 3 is 2.75 bits per heavy atom. The summed E-state index contributed by atoms with van der Waals surface area (Å²) in [6, 6.07) is 7.62. The highest BCUT2D eigenvalue weighted by Gasteiger charge is 2.35. The highest BCUT2D eigenvalue weighted by atomic mass is 79.9. The smallest absolute Gasteiger partial charge is 0.240 e. The second kappa shape index (κ2) is 7.07. The largest absolute Gasteiger partial charge is 0.340 e. The van der Waals surface area contributed by atoms with E-state index in [0.717, 1.165) is 40.9 Å². The summed E-state index contributed by atoms with van der Waals surface area (Å²) in [5.41, 5.74) is 8.10. The lowest BCUT2D eigenvalue weighted by molar-refractivity contribution is -0.134. The quantitative estimate of drug-likeness (QED) is 0.838. The Hall–Kier alpha value is -1.66. The van der Waals surface area contributed by atoms with Crippen LogP contribution in [0.15, 0.2) is 34.9 Å². The molecule has 1 amide bonds. The molecule has 1 aromatic carbocycles. The maximum absolute atomic E-state index is 12.6. The van der Waals surface area contributed by atoms with E-state index in [-0.39, 0.29) is 17.9 Å². The Morgan fingerprint density at radius 1 is 1.38 bits per heavy atom. The van der Waals surface area contributed by atoms with E-state index >= 15 is 0 Å². The number of nitrogens with two attached hydrogens (primary N) is 1. The Bertz CT molecular complexity index is 710. The number of rotatable bonds is 4. The van der Waals surface area contributed by atoms with Gasteiger partial charge in [-0.05, 0) is 36.5 Å². The molecule has 24 heavy (non-hydrogen) atoms. The summed E-state index contributed by atoms with van der Waals surface area (Å²) in [5.74, 6) is 0.998. The summed E-state index contributed by atoms with van der Waals surface area (Å²) in [7, 11) is 0. The van der Waals surface area contributed by atoms with E-state index in [1.54, 1.807) is 0 Å². The van der Waals surface area contributed by atoms with Crippen molar-refractivity contribution < 1.29 is 4.79 Å². The number of hydrogen-bond acceptors (Lipinski definition) is 3. The highest BCUT2D eigenvalue weighted by molar-refractivity contribution is 9.10. The molecule has 0 saturated carbocycles. The van der Waals surface area contributed by atoms with E-state index in [4.69, 9.17) is 5.73 Å². The summed E-state index contributed by atoms with van der Waals surface area (Å²) in [5, 5.41) is 0. The van der Waals surface area contributed by atoms with E-state index in [2.05, 4.69) is 25.9 Å². The van der Waals surface area contributed by atoms with Gasteiger partial charge in [-0.15, -0.1) is 0 Å². The first kappa shape index (κ1) is 17.2.